The van der Waals surface area contributed by atoms with Crippen molar-refractivity contribution in [2.75, 3.05) is 0 Å². The van der Waals surface area contributed by atoms with Crippen LogP contribution in [0.25, 0.3) is 11.4 Å². The van der Waals surface area contributed by atoms with Gasteiger partial charge in [-0.15, -0.1) is 6.58 Å². The lowest BCUT2D eigenvalue weighted by atomic mass is 10.2. The summed E-state index contributed by atoms with van der Waals surface area (Å²) in [5, 5.41) is 3.87. The fraction of sp³-hybridized carbons (Fsp3) is 0.182. The minimum absolute atomic E-state index is 0.311. The van der Waals surface area contributed by atoms with Gasteiger partial charge in [0.1, 0.15) is 0 Å². The molecule has 1 atom stereocenters. The molecule has 0 radical (unpaired) electrons. The van der Waals surface area contributed by atoms with Gasteiger partial charge in [-0.05, 0) is 28.4 Å². The molecule has 0 amide bonds. The van der Waals surface area contributed by atoms with E-state index >= 15 is 0 Å². The van der Waals surface area contributed by atoms with Gasteiger partial charge in [-0.2, -0.15) is 4.98 Å². The van der Waals surface area contributed by atoms with Gasteiger partial charge >= 0.3 is 0 Å². The van der Waals surface area contributed by atoms with Crippen molar-refractivity contribution in [2.24, 2.45) is 5.73 Å². The average Bonchev–Trinajstić information content (AvgIpc) is 2.78. The Morgan fingerprint density at radius 1 is 1.53 bits per heavy atom. The monoisotopic (exact) mass is 294 g/mol. The maximum atomic E-state index is 5.83. The molecule has 2 aromatic heterocycles. The Bertz CT molecular complexity index is 526. The number of nitrogens with two attached hydrogens (primary N) is 1. The van der Waals surface area contributed by atoms with E-state index in [1.165, 1.54) is 0 Å². The first kappa shape index (κ1) is 11.9. The molecule has 2 N–H and O–H groups in total. The molecule has 0 aromatic carbocycles. The molecule has 0 fully saturated rings. The molecule has 2 rings (SSSR count). The van der Waals surface area contributed by atoms with Gasteiger partial charge in [0.2, 0.25) is 11.7 Å². The molecular weight excluding hydrogens is 284 g/mol. The largest absolute Gasteiger partial charge is 0.337 e. The number of rotatable bonds is 4. The fourth-order valence-corrected chi connectivity index (χ4v) is 1.68. The molecular formula is C11H11BrN4O. The van der Waals surface area contributed by atoms with Crippen molar-refractivity contribution >= 4 is 15.9 Å². The smallest absolute Gasteiger partial charge is 0.244 e. The van der Waals surface area contributed by atoms with Gasteiger partial charge in [-0.3, -0.25) is 4.98 Å². The zero-order valence-corrected chi connectivity index (χ0v) is 10.6. The normalized spacial score (nSPS) is 12.4. The van der Waals surface area contributed by atoms with Crippen LogP contribution in [0.5, 0.6) is 0 Å². The molecule has 0 saturated carbocycles. The van der Waals surface area contributed by atoms with Crippen molar-refractivity contribution in [3.05, 3.63) is 41.5 Å². The predicted molar refractivity (Wildman–Crippen MR) is 67.0 cm³/mol. The Hall–Kier alpha value is -1.53. The van der Waals surface area contributed by atoms with E-state index in [2.05, 4.69) is 37.6 Å². The summed E-state index contributed by atoms with van der Waals surface area (Å²) in [4.78, 5) is 8.26. The third-order valence-corrected chi connectivity index (χ3v) is 2.58. The SMILES string of the molecule is C=CCC(N)c1nc(-c2cncc(Br)c2)no1. The minimum atomic E-state index is -0.311. The minimum Gasteiger partial charge on any atom is -0.337 e. The van der Waals surface area contributed by atoms with E-state index in [4.69, 9.17) is 10.3 Å². The van der Waals surface area contributed by atoms with Crippen LogP contribution in [0.15, 0.2) is 40.1 Å². The Kier molecular flexibility index (Phi) is 3.65. The Balaban J connectivity index is 2.26. The van der Waals surface area contributed by atoms with Crippen LogP contribution in [-0.2, 0) is 0 Å². The maximum Gasteiger partial charge on any atom is 0.244 e. The Morgan fingerprint density at radius 3 is 3.06 bits per heavy atom. The van der Waals surface area contributed by atoms with E-state index in [-0.39, 0.29) is 6.04 Å². The van der Waals surface area contributed by atoms with Crippen LogP contribution in [0.2, 0.25) is 0 Å². The second-order valence-corrected chi connectivity index (χ2v) is 4.39. The molecule has 0 aliphatic carbocycles. The Morgan fingerprint density at radius 2 is 2.35 bits per heavy atom. The summed E-state index contributed by atoms with van der Waals surface area (Å²) < 4.78 is 5.95. The molecule has 5 nitrogen and oxygen atoms in total. The molecule has 0 spiro atoms. The average molecular weight is 295 g/mol. The molecule has 88 valence electrons. The van der Waals surface area contributed by atoms with Crippen molar-refractivity contribution in [1.29, 1.82) is 0 Å². The summed E-state index contributed by atoms with van der Waals surface area (Å²) in [6.45, 7) is 3.62. The number of hydrogen-bond acceptors (Lipinski definition) is 5. The third-order valence-electron chi connectivity index (χ3n) is 2.14. The van der Waals surface area contributed by atoms with Crippen LogP contribution in [0.3, 0.4) is 0 Å². The van der Waals surface area contributed by atoms with Crippen LogP contribution < -0.4 is 5.73 Å². The summed E-state index contributed by atoms with van der Waals surface area (Å²) in [6.07, 6.45) is 5.67. The van der Waals surface area contributed by atoms with Crippen molar-refractivity contribution in [2.45, 2.75) is 12.5 Å². The van der Waals surface area contributed by atoms with E-state index in [0.29, 0.717) is 18.1 Å². The first-order valence-corrected chi connectivity index (χ1v) is 5.81. The highest BCUT2D eigenvalue weighted by Gasteiger charge is 2.14. The van der Waals surface area contributed by atoms with E-state index in [1.54, 1.807) is 18.5 Å². The lowest BCUT2D eigenvalue weighted by Gasteiger charge is -2.00. The van der Waals surface area contributed by atoms with Crippen molar-refractivity contribution in [3.63, 3.8) is 0 Å². The lowest BCUT2D eigenvalue weighted by molar-refractivity contribution is 0.356. The first-order chi connectivity index (χ1) is 8.20. The second-order valence-electron chi connectivity index (χ2n) is 3.48. The summed E-state index contributed by atoms with van der Waals surface area (Å²) in [5.41, 5.74) is 6.61. The van der Waals surface area contributed by atoms with Crippen molar-refractivity contribution in [1.82, 2.24) is 15.1 Å². The van der Waals surface area contributed by atoms with Gasteiger partial charge < -0.3 is 10.3 Å². The van der Waals surface area contributed by atoms with Crippen LogP contribution >= 0.6 is 15.9 Å². The molecule has 0 saturated heterocycles. The van der Waals surface area contributed by atoms with E-state index < -0.39 is 0 Å². The molecule has 0 aliphatic rings. The quantitative estimate of drug-likeness (QED) is 0.877. The van der Waals surface area contributed by atoms with Crippen LogP contribution in [0, 0.1) is 0 Å². The highest BCUT2D eigenvalue weighted by atomic mass is 79.9. The molecule has 2 heterocycles. The van der Waals surface area contributed by atoms with E-state index in [1.807, 2.05) is 6.07 Å². The van der Waals surface area contributed by atoms with Crippen LogP contribution in [0.4, 0.5) is 0 Å². The van der Waals surface area contributed by atoms with Crippen molar-refractivity contribution < 1.29 is 4.52 Å². The fourth-order valence-electron chi connectivity index (χ4n) is 1.32. The number of pyridine rings is 1. The number of hydrogen-bond donors (Lipinski definition) is 1. The standard InChI is InChI=1S/C11H11BrN4O/c1-2-3-9(13)11-15-10(16-17-11)7-4-8(12)6-14-5-7/h2,4-6,9H,1,3,13H2. The van der Waals surface area contributed by atoms with E-state index in [9.17, 15) is 0 Å². The zero-order chi connectivity index (χ0) is 12.3. The highest BCUT2D eigenvalue weighted by Crippen LogP contribution is 2.21. The summed E-state index contributed by atoms with van der Waals surface area (Å²) in [7, 11) is 0. The molecule has 0 bridgehead atoms. The van der Waals surface area contributed by atoms with Gasteiger partial charge in [0.25, 0.3) is 0 Å². The lowest BCUT2D eigenvalue weighted by Crippen LogP contribution is -2.09. The van der Waals surface area contributed by atoms with Gasteiger partial charge in [-0.25, -0.2) is 0 Å². The number of aromatic nitrogens is 3. The first-order valence-electron chi connectivity index (χ1n) is 5.01. The third kappa shape index (κ3) is 2.78. The molecule has 17 heavy (non-hydrogen) atoms. The maximum absolute atomic E-state index is 5.83. The van der Waals surface area contributed by atoms with Gasteiger partial charge in [0.15, 0.2) is 0 Å². The Labute approximate surface area is 107 Å². The summed E-state index contributed by atoms with van der Waals surface area (Å²) in [5.74, 6) is 0.883. The second kappa shape index (κ2) is 5.20. The summed E-state index contributed by atoms with van der Waals surface area (Å²) in [6, 6.07) is 1.55. The van der Waals surface area contributed by atoms with Crippen LogP contribution in [-0.4, -0.2) is 15.1 Å². The van der Waals surface area contributed by atoms with Gasteiger partial charge in [-0.1, -0.05) is 11.2 Å². The zero-order valence-electron chi connectivity index (χ0n) is 9.01. The number of halogens is 1. The van der Waals surface area contributed by atoms with Crippen molar-refractivity contribution in [3.8, 4) is 11.4 Å². The van der Waals surface area contributed by atoms with E-state index in [0.717, 1.165) is 10.0 Å². The number of nitrogens with zero attached hydrogens (tertiary/aromatic N) is 3. The predicted octanol–water partition coefficient (Wildman–Crippen LogP) is 2.47. The highest BCUT2D eigenvalue weighted by molar-refractivity contribution is 9.10. The van der Waals surface area contributed by atoms with Gasteiger partial charge in [0.05, 0.1) is 6.04 Å². The van der Waals surface area contributed by atoms with Crippen LogP contribution in [0.1, 0.15) is 18.4 Å². The molecule has 1 unspecified atom stereocenters. The van der Waals surface area contributed by atoms with Gasteiger partial charge in [0, 0.05) is 22.4 Å². The molecule has 2 aromatic rings. The topological polar surface area (TPSA) is 77.8 Å². The molecule has 0 aliphatic heterocycles. The summed E-state index contributed by atoms with van der Waals surface area (Å²) >= 11 is 3.33. The molecule has 6 heteroatoms.